The topological polar surface area (TPSA) is 36.9 Å². The van der Waals surface area contributed by atoms with Gasteiger partial charge in [-0.3, -0.25) is 0 Å². The van der Waals surface area contributed by atoms with Crippen molar-refractivity contribution in [2.75, 3.05) is 27.4 Å². The van der Waals surface area contributed by atoms with Crippen LogP contribution in [-0.4, -0.2) is 33.2 Å². The molecule has 5 rings (SSSR count). The highest BCUT2D eigenvalue weighted by molar-refractivity contribution is 5.79. The lowest BCUT2D eigenvalue weighted by molar-refractivity contribution is -0.232. The molecule has 146 valence electrons. The van der Waals surface area contributed by atoms with Crippen molar-refractivity contribution in [3.63, 3.8) is 0 Å². The first-order valence-electron chi connectivity index (χ1n) is 10.4. The maximum atomic E-state index is 6.30. The van der Waals surface area contributed by atoms with Gasteiger partial charge < -0.3 is 18.9 Å². The fraction of sp³-hybridized carbons (Fsp3) is 0.652. The lowest BCUT2D eigenvalue weighted by Gasteiger charge is -2.49. The quantitative estimate of drug-likeness (QED) is 0.770. The van der Waals surface area contributed by atoms with E-state index >= 15 is 0 Å². The van der Waals surface area contributed by atoms with Gasteiger partial charge in [0.05, 0.1) is 27.4 Å². The maximum absolute atomic E-state index is 6.30. The van der Waals surface area contributed by atoms with Gasteiger partial charge in [-0.1, -0.05) is 12.5 Å². The zero-order valence-electron chi connectivity index (χ0n) is 16.7. The van der Waals surface area contributed by atoms with E-state index in [0.29, 0.717) is 5.92 Å². The van der Waals surface area contributed by atoms with Crippen molar-refractivity contribution in [1.82, 2.24) is 0 Å². The monoisotopic (exact) mass is 370 g/mol. The van der Waals surface area contributed by atoms with Crippen LogP contribution in [0.2, 0.25) is 0 Å². The highest BCUT2D eigenvalue weighted by atomic mass is 16.7. The molecule has 27 heavy (non-hydrogen) atoms. The first kappa shape index (κ1) is 17.6. The van der Waals surface area contributed by atoms with E-state index in [0.717, 1.165) is 63.2 Å². The van der Waals surface area contributed by atoms with Crippen LogP contribution in [0.4, 0.5) is 0 Å². The van der Waals surface area contributed by atoms with E-state index in [4.69, 9.17) is 18.9 Å². The van der Waals surface area contributed by atoms with Gasteiger partial charge in [0, 0.05) is 23.5 Å². The summed E-state index contributed by atoms with van der Waals surface area (Å²) in [4.78, 5) is 0. The van der Waals surface area contributed by atoms with E-state index in [-0.39, 0.29) is 11.2 Å². The second kappa shape index (κ2) is 6.25. The van der Waals surface area contributed by atoms with Crippen molar-refractivity contribution in [2.24, 2.45) is 11.3 Å². The molecule has 4 heteroatoms. The van der Waals surface area contributed by atoms with Gasteiger partial charge in [0.25, 0.3) is 0 Å². The molecule has 2 fully saturated rings. The lowest BCUT2D eigenvalue weighted by Crippen LogP contribution is -2.49. The molecule has 0 unspecified atom stereocenters. The molecule has 0 amide bonds. The van der Waals surface area contributed by atoms with Gasteiger partial charge in [-0.25, -0.2) is 0 Å². The second-order valence-corrected chi connectivity index (χ2v) is 8.42. The number of fused-ring (bicyclic) bond motifs is 5. The summed E-state index contributed by atoms with van der Waals surface area (Å²) in [5, 5.41) is 0. The Morgan fingerprint density at radius 3 is 2.56 bits per heavy atom. The van der Waals surface area contributed by atoms with Crippen molar-refractivity contribution < 1.29 is 18.9 Å². The van der Waals surface area contributed by atoms with E-state index < -0.39 is 0 Å². The van der Waals surface area contributed by atoms with Gasteiger partial charge in [0.15, 0.2) is 5.79 Å². The van der Waals surface area contributed by atoms with Crippen LogP contribution in [0, 0.1) is 11.3 Å². The minimum atomic E-state index is -0.338. The lowest BCUT2D eigenvalue weighted by atomic mass is 9.59. The van der Waals surface area contributed by atoms with Gasteiger partial charge in [-0.05, 0) is 61.6 Å². The molecular weight excluding hydrogens is 340 g/mol. The van der Waals surface area contributed by atoms with Crippen LogP contribution in [0.5, 0.6) is 11.5 Å². The van der Waals surface area contributed by atoms with Crippen LogP contribution < -0.4 is 9.47 Å². The molecule has 1 saturated heterocycles. The van der Waals surface area contributed by atoms with Crippen molar-refractivity contribution in [3.8, 4) is 11.5 Å². The SMILES string of the molecule is CC[C@]12CCC3=C(CCc4cc(OC)cc(OC)c43)[C@@H]1CCC21OCCO1. The largest absolute Gasteiger partial charge is 0.497 e. The Morgan fingerprint density at radius 1 is 1.04 bits per heavy atom. The predicted octanol–water partition coefficient (Wildman–Crippen LogP) is 4.75. The van der Waals surface area contributed by atoms with Gasteiger partial charge >= 0.3 is 0 Å². The van der Waals surface area contributed by atoms with Gasteiger partial charge in [0.1, 0.15) is 11.5 Å². The number of benzene rings is 1. The molecule has 4 nitrogen and oxygen atoms in total. The third kappa shape index (κ3) is 2.23. The minimum Gasteiger partial charge on any atom is -0.497 e. The number of ether oxygens (including phenoxy) is 4. The summed E-state index contributed by atoms with van der Waals surface area (Å²) in [7, 11) is 3.50. The fourth-order valence-corrected chi connectivity index (χ4v) is 6.64. The normalized spacial score (nSPS) is 30.9. The predicted molar refractivity (Wildman–Crippen MR) is 104 cm³/mol. The van der Waals surface area contributed by atoms with E-state index in [9.17, 15) is 0 Å². The van der Waals surface area contributed by atoms with Crippen LogP contribution >= 0.6 is 0 Å². The molecule has 2 atom stereocenters. The Labute approximate surface area is 161 Å². The minimum absolute atomic E-state index is 0.138. The highest BCUT2D eigenvalue weighted by Gasteiger charge is 2.64. The standard InChI is InChI=1S/C23H30O4/c1-4-22-9-7-18-17(19(22)8-10-23(22)26-11-12-27-23)6-5-15-13-16(24-2)14-20(25-3)21(15)18/h13-14,19H,4-12H2,1-3H3/t19-,22-/m0/s1. The Hall–Kier alpha value is -1.52. The molecule has 1 aliphatic heterocycles. The summed E-state index contributed by atoms with van der Waals surface area (Å²) in [6.07, 6.45) is 7.77. The number of methoxy groups -OCH3 is 2. The van der Waals surface area contributed by atoms with Gasteiger partial charge in [-0.15, -0.1) is 0 Å². The van der Waals surface area contributed by atoms with Gasteiger partial charge in [-0.2, -0.15) is 0 Å². The van der Waals surface area contributed by atoms with Crippen molar-refractivity contribution in [3.05, 3.63) is 28.8 Å². The molecule has 4 aliphatic rings. The third-order valence-corrected chi connectivity index (χ3v) is 7.78. The Balaban J connectivity index is 1.63. The average molecular weight is 370 g/mol. The van der Waals surface area contributed by atoms with E-state index in [1.165, 1.54) is 23.1 Å². The summed E-state index contributed by atoms with van der Waals surface area (Å²) in [6, 6.07) is 4.23. The maximum Gasteiger partial charge on any atom is 0.174 e. The summed E-state index contributed by atoms with van der Waals surface area (Å²) in [5.74, 6) is 2.08. The molecule has 0 aromatic heterocycles. The Bertz CT molecular complexity index is 790. The number of aryl methyl sites for hydroxylation is 1. The van der Waals surface area contributed by atoms with E-state index in [1.54, 1.807) is 19.8 Å². The summed E-state index contributed by atoms with van der Waals surface area (Å²) in [5.41, 5.74) is 6.02. The van der Waals surface area contributed by atoms with Crippen LogP contribution in [-0.2, 0) is 15.9 Å². The van der Waals surface area contributed by atoms with Crippen LogP contribution in [0.3, 0.4) is 0 Å². The van der Waals surface area contributed by atoms with Crippen LogP contribution in [0.25, 0.3) is 5.57 Å². The van der Waals surface area contributed by atoms with Gasteiger partial charge in [0.2, 0.25) is 0 Å². The van der Waals surface area contributed by atoms with E-state index in [1.807, 2.05) is 6.07 Å². The first-order valence-corrected chi connectivity index (χ1v) is 10.4. The molecule has 0 bridgehead atoms. The van der Waals surface area contributed by atoms with Crippen LogP contribution in [0.1, 0.15) is 56.6 Å². The van der Waals surface area contributed by atoms with Crippen molar-refractivity contribution >= 4 is 5.57 Å². The third-order valence-electron chi connectivity index (χ3n) is 7.78. The molecular formula is C23H30O4. The molecule has 0 radical (unpaired) electrons. The molecule has 3 aliphatic carbocycles. The fourth-order valence-electron chi connectivity index (χ4n) is 6.64. The van der Waals surface area contributed by atoms with Crippen LogP contribution in [0.15, 0.2) is 17.7 Å². The second-order valence-electron chi connectivity index (χ2n) is 8.42. The Morgan fingerprint density at radius 2 is 1.85 bits per heavy atom. The van der Waals surface area contributed by atoms with Crippen molar-refractivity contribution in [1.29, 1.82) is 0 Å². The molecule has 1 saturated carbocycles. The average Bonchev–Trinajstić information content (AvgIpc) is 3.33. The number of allylic oxidation sites excluding steroid dienone is 2. The smallest absolute Gasteiger partial charge is 0.174 e. The zero-order chi connectivity index (χ0) is 18.6. The molecule has 0 N–H and O–H groups in total. The van der Waals surface area contributed by atoms with Crippen molar-refractivity contribution in [2.45, 2.75) is 57.7 Å². The summed E-state index contributed by atoms with van der Waals surface area (Å²) in [6.45, 7) is 3.83. The summed E-state index contributed by atoms with van der Waals surface area (Å²) < 4.78 is 23.9. The highest BCUT2D eigenvalue weighted by Crippen LogP contribution is 2.66. The number of rotatable bonds is 3. The Kier molecular flexibility index (Phi) is 4.07. The molecule has 1 heterocycles. The van der Waals surface area contributed by atoms with E-state index in [2.05, 4.69) is 13.0 Å². The number of hydrogen-bond donors (Lipinski definition) is 0. The molecule has 1 spiro atoms. The summed E-state index contributed by atoms with van der Waals surface area (Å²) >= 11 is 0. The molecule has 1 aromatic rings. The first-order chi connectivity index (χ1) is 13.2. The zero-order valence-corrected chi connectivity index (χ0v) is 16.7. The number of hydrogen-bond acceptors (Lipinski definition) is 4. The molecule has 1 aromatic carbocycles.